The number of carboxylic acid groups (broad SMARTS) is 1. The second-order valence-corrected chi connectivity index (χ2v) is 3.94. The van der Waals surface area contributed by atoms with Gasteiger partial charge in [-0.1, -0.05) is 30.4 Å². The van der Waals surface area contributed by atoms with Gasteiger partial charge in [0.05, 0.1) is 0 Å². The van der Waals surface area contributed by atoms with Gasteiger partial charge in [0.1, 0.15) is 5.69 Å². The number of benzene rings is 1. The molecule has 0 bridgehead atoms. The van der Waals surface area contributed by atoms with Crippen molar-refractivity contribution in [2.24, 2.45) is 0 Å². The lowest BCUT2D eigenvalue weighted by Crippen LogP contribution is -2.08. The predicted molar refractivity (Wildman–Crippen MR) is 63.7 cm³/mol. The van der Waals surface area contributed by atoms with Gasteiger partial charge in [-0.05, 0) is 19.1 Å². The molecule has 2 aromatic rings. The van der Waals surface area contributed by atoms with Gasteiger partial charge >= 0.3 is 5.97 Å². The maximum absolute atomic E-state index is 11.1. The van der Waals surface area contributed by atoms with Crippen molar-refractivity contribution in [2.45, 2.75) is 13.5 Å². The van der Waals surface area contributed by atoms with E-state index in [0.717, 1.165) is 16.5 Å². The van der Waals surface area contributed by atoms with E-state index in [1.165, 1.54) is 0 Å². The molecule has 0 aliphatic rings. The number of rotatable bonds is 3. The Morgan fingerprint density at radius 2 is 2.12 bits per heavy atom. The topological polar surface area (TPSA) is 42.2 Å². The molecule has 0 radical (unpaired) electrons. The van der Waals surface area contributed by atoms with Crippen LogP contribution in [0, 0.1) is 0 Å². The molecule has 3 nitrogen and oxygen atoms in total. The molecule has 0 saturated heterocycles. The summed E-state index contributed by atoms with van der Waals surface area (Å²) in [4.78, 5) is 11.1. The molecule has 0 fully saturated rings. The van der Waals surface area contributed by atoms with Crippen molar-refractivity contribution >= 4 is 16.9 Å². The molecule has 0 spiro atoms. The summed E-state index contributed by atoms with van der Waals surface area (Å²) in [6.45, 7) is 6.25. The van der Waals surface area contributed by atoms with Crippen LogP contribution >= 0.6 is 0 Å². The minimum Gasteiger partial charge on any atom is -0.477 e. The third-order valence-electron chi connectivity index (χ3n) is 2.46. The maximum atomic E-state index is 11.1. The molecule has 0 aliphatic heterocycles. The zero-order valence-corrected chi connectivity index (χ0v) is 9.10. The highest BCUT2D eigenvalue weighted by molar-refractivity contribution is 5.94. The van der Waals surface area contributed by atoms with E-state index in [9.17, 15) is 4.79 Å². The summed E-state index contributed by atoms with van der Waals surface area (Å²) in [5, 5.41) is 10.1. The number of allylic oxidation sites excluding steroid dienone is 1. The number of hydrogen-bond donors (Lipinski definition) is 1. The number of para-hydroxylation sites is 1. The van der Waals surface area contributed by atoms with Crippen LogP contribution in [0.5, 0.6) is 0 Å². The number of aromatic nitrogens is 1. The minimum absolute atomic E-state index is 0.309. The van der Waals surface area contributed by atoms with Crippen LogP contribution in [0.25, 0.3) is 10.9 Å². The van der Waals surface area contributed by atoms with Crippen LogP contribution in [0.1, 0.15) is 17.4 Å². The van der Waals surface area contributed by atoms with E-state index in [1.807, 2.05) is 31.2 Å². The third-order valence-corrected chi connectivity index (χ3v) is 2.46. The van der Waals surface area contributed by atoms with Crippen LogP contribution in [0.3, 0.4) is 0 Å². The van der Waals surface area contributed by atoms with Crippen LogP contribution < -0.4 is 0 Å². The molecule has 1 heterocycles. The Kier molecular flexibility index (Phi) is 2.52. The minimum atomic E-state index is -0.905. The molecule has 0 unspecified atom stereocenters. The summed E-state index contributed by atoms with van der Waals surface area (Å²) in [6.07, 6.45) is 0. The Labute approximate surface area is 93.6 Å². The molecule has 0 aliphatic carbocycles. The smallest absolute Gasteiger partial charge is 0.352 e. The highest BCUT2D eigenvalue weighted by Gasteiger charge is 2.13. The lowest BCUT2D eigenvalue weighted by Gasteiger charge is -2.07. The monoisotopic (exact) mass is 215 g/mol. The Hall–Kier alpha value is -2.03. The van der Waals surface area contributed by atoms with Crippen molar-refractivity contribution in [3.8, 4) is 0 Å². The molecule has 16 heavy (non-hydrogen) atoms. The molecule has 82 valence electrons. The second kappa shape index (κ2) is 3.85. The largest absolute Gasteiger partial charge is 0.477 e. The van der Waals surface area contributed by atoms with Gasteiger partial charge in [-0.2, -0.15) is 0 Å². The van der Waals surface area contributed by atoms with Crippen molar-refractivity contribution in [3.63, 3.8) is 0 Å². The number of fused-ring (bicyclic) bond motifs is 1. The Bertz CT molecular complexity index is 566. The van der Waals surface area contributed by atoms with E-state index >= 15 is 0 Å². The highest BCUT2D eigenvalue weighted by atomic mass is 16.4. The standard InChI is InChI=1S/C13H13NO2/c1-9(2)8-14-11-6-4-3-5-10(11)7-12(14)13(15)16/h3-7H,1,8H2,2H3,(H,15,16). The number of aromatic carboxylic acids is 1. The molecule has 0 amide bonds. The van der Waals surface area contributed by atoms with E-state index in [0.29, 0.717) is 12.2 Å². The van der Waals surface area contributed by atoms with Crippen LogP contribution in [0.2, 0.25) is 0 Å². The molecule has 3 heteroatoms. The quantitative estimate of drug-likeness (QED) is 0.800. The summed E-state index contributed by atoms with van der Waals surface area (Å²) in [5.74, 6) is -0.905. The fourth-order valence-corrected chi connectivity index (χ4v) is 1.83. The molecular formula is C13H13NO2. The normalized spacial score (nSPS) is 10.6. The molecular weight excluding hydrogens is 202 g/mol. The average Bonchev–Trinajstić information content (AvgIpc) is 2.57. The van der Waals surface area contributed by atoms with E-state index in [-0.39, 0.29) is 0 Å². The number of carbonyl (C=O) groups is 1. The van der Waals surface area contributed by atoms with Gasteiger partial charge in [0.2, 0.25) is 0 Å². The van der Waals surface area contributed by atoms with E-state index in [4.69, 9.17) is 5.11 Å². The van der Waals surface area contributed by atoms with Crippen molar-refractivity contribution in [1.82, 2.24) is 4.57 Å². The van der Waals surface area contributed by atoms with Crippen LogP contribution in [-0.2, 0) is 6.54 Å². The zero-order chi connectivity index (χ0) is 11.7. The van der Waals surface area contributed by atoms with Crippen molar-refractivity contribution < 1.29 is 9.90 Å². The SMILES string of the molecule is C=C(C)Cn1c(C(=O)O)cc2ccccc21. The second-order valence-electron chi connectivity index (χ2n) is 3.94. The maximum Gasteiger partial charge on any atom is 0.352 e. The van der Waals surface area contributed by atoms with Gasteiger partial charge in [0, 0.05) is 17.4 Å². The van der Waals surface area contributed by atoms with Gasteiger partial charge in [-0.3, -0.25) is 0 Å². The molecule has 0 atom stereocenters. The first-order chi connectivity index (χ1) is 7.59. The first-order valence-corrected chi connectivity index (χ1v) is 5.05. The van der Waals surface area contributed by atoms with Gasteiger partial charge < -0.3 is 9.67 Å². The summed E-state index contributed by atoms with van der Waals surface area (Å²) >= 11 is 0. The van der Waals surface area contributed by atoms with Crippen LogP contribution in [-0.4, -0.2) is 15.6 Å². The van der Waals surface area contributed by atoms with Gasteiger partial charge in [-0.25, -0.2) is 4.79 Å². The van der Waals surface area contributed by atoms with Crippen molar-refractivity contribution in [2.75, 3.05) is 0 Å². The average molecular weight is 215 g/mol. The number of hydrogen-bond acceptors (Lipinski definition) is 1. The molecule has 1 aromatic carbocycles. The zero-order valence-electron chi connectivity index (χ0n) is 9.10. The molecule has 2 rings (SSSR count). The fourth-order valence-electron chi connectivity index (χ4n) is 1.83. The third kappa shape index (κ3) is 1.72. The lowest BCUT2D eigenvalue weighted by atomic mass is 10.2. The van der Waals surface area contributed by atoms with Crippen LogP contribution in [0.15, 0.2) is 42.5 Å². The van der Waals surface area contributed by atoms with Gasteiger partial charge in [-0.15, -0.1) is 0 Å². The summed E-state index contributed by atoms with van der Waals surface area (Å²) in [7, 11) is 0. The van der Waals surface area contributed by atoms with Gasteiger partial charge in [0.15, 0.2) is 0 Å². The summed E-state index contributed by atoms with van der Waals surface area (Å²) in [6, 6.07) is 9.34. The van der Waals surface area contributed by atoms with Crippen LogP contribution in [0.4, 0.5) is 0 Å². The molecule has 1 aromatic heterocycles. The first-order valence-electron chi connectivity index (χ1n) is 5.05. The highest BCUT2D eigenvalue weighted by Crippen LogP contribution is 2.20. The Balaban J connectivity index is 2.69. The fraction of sp³-hybridized carbons (Fsp3) is 0.154. The van der Waals surface area contributed by atoms with E-state index in [2.05, 4.69) is 6.58 Å². The summed E-state index contributed by atoms with van der Waals surface area (Å²) in [5.41, 5.74) is 2.18. The van der Waals surface area contributed by atoms with Gasteiger partial charge in [0.25, 0.3) is 0 Å². The van der Waals surface area contributed by atoms with E-state index < -0.39 is 5.97 Å². The molecule has 0 saturated carbocycles. The summed E-state index contributed by atoms with van der Waals surface area (Å²) < 4.78 is 1.78. The Morgan fingerprint density at radius 1 is 1.44 bits per heavy atom. The number of carboxylic acids is 1. The lowest BCUT2D eigenvalue weighted by molar-refractivity contribution is 0.0686. The van der Waals surface area contributed by atoms with Crippen molar-refractivity contribution in [3.05, 3.63) is 48.2 Å². The number of nitrogens with zero attached hydrogens (tertiary/aromatic N) is 1. The Morgan fingerprint density at radius 3 is 2.75 bits per heavy atom. The first kappa shape index (κ1) is 10.5. The predicted octanol–water partition coefficient (Wildman–Crippen LogP) is 2.92. The van der Waals surface area contributed by atoms with Crippen molar-refractivity contribution in [1.29, 1.82) is 0 Å². The van der Waals surface area contributed by atoms with E-state index in [1.54, 1.807) is 10.6 Å². The molecule has 1 N–H and O–H groups in total.